The van der Waals surface area contributed by atoms with Gasteiger partial charge in [0.05, 0.1) is 10.6 Å². The van der Waals surface area contributed by atoms with Gasteiger partial charge in [0.25, 0.3) is 11.6 Å². The molecule has 0 radical (unpaired) electrons. The molecule has 1 atom stereocenters. The van der Waals surface area contributed by atoms with E-state index in [4.69, 9.17) is 5.84 Å². The van der Waals surface area contributed by atoms with E-state index in [1.807, 2.05) is 0 Å². The third-order valence-electron chi connectivity index (χ3n) is 3.29. The molecule has 9 heteroatoms. The average molecular weight is 293 g/mol. The Balaban J connectivity index is 2.23. The molecule has 1 aromatic rings. The number of hydrogen-bond acceptors (Lipinski definition) is 7. The highest BCUT2D eigenvalue weighted by molar-refractivity contribution is 6.01. The van der Waals surface area contributed by atoms with Gasteiger partial charge in [-0.05, 0) is 12.5 Å². The van der Waals surface area contributed by atoms with E-state index in [-0.39, 0.29) is 23.9 Å². The predicted molar refractivity (Wildman–Crippen MR) is 75.3 cm³/mol. The number of carbonyl (C=O) groups is 2. The lowest BCUT2D eigenvalue weighted by Crippen LogP contribution is -2.48. The topological polar surface area (TPSA) is 131 Å². The molecule has 9 nitrogen and oxygen atoms in total. The highest BCUT2D eigenvalue weighted by Gasteiger charge is 2.31. The van der Waals surface area contributed by atoms with Crippen LogP contribution in [0.5, 0.6) is 0 Å². The van der Waals surface area contributed by atoms with E-state index in [0.29, 0.717) is 17.8 Å². The number of nitrogens with zero attached hydrogens (tertiary/aromatic N) is 2. The van der Waals surface area contributed by atoms with E-state index in [0.717, 1.165) is 4.90 Å². The smallest absolute Gasteiger partial charge is 0.273 e. The lowest BCUT2D eigenvalue weighted by Gasteiger charge is -2.28. The maximum atomic E-state index is 12.0. The molecule has 1 aliphatic heterocycles. The summed E-state index contributed by atoms with van der Waals surface area (Å²) in [4.78, 5) is 34.8. The standard InChI is InChI=1S/C12H15N5O4/c1-16-11(18)3-2-10(12(16)19)14-7-4-8(15-13)6-9(5-7)17(20)21/h4-6,10,14-15H,2-3,13H2,1H3. The van der Waals surface area contributed by atoms with Crippen LogP contribution in [0.3, 0.4) is 0 Å². The summed E-state index contributed by atoms with van der Waals surface area (Å²) in [6.07, 6.45) is 0.590. The van der Waals surface area contributed by atoms with Gasteiger partial charge in [0.2, 0.25) is 5.91 Å². The van der Waals surface area contributed by atoms with Crippen LogP contribution in [0.25, 0.3) is 0 Å². The molecule has 2 amide bonds. The molecule has 1 aliphatic rings. The Bertz CT molecular complexity index is 603. The van der Waals surface area contributed by atoms with Crippen LogP contribution in [0.4, 0.5) is 17.1 Å². The predicted octanol–water partition coefficient (Wildman–Crippen LogP) is 0.440. The molecular weight excluding hydrogens is 278 g/mol. The van der Waals surface area contributed by atoms with Gasteiger partial charge < -0.3 is 10.7 Å². The van der Waals surface area contributed by atoms with Crippen LogP contribution in [-0.2, 0) is 9.59 Å². The lowest BCUT2D eigenvalue weighted by molar-refractivity contribution is -0.384. The fourth-order valence-electron chi connectivity index (χ4n) is 2.13. The summed E-state index contributed by atoms with van der Waals surface area (Å²) in [7, 11) is 1.42. The zero-order valence-corrected chi connectivity index (χ0v) is 11.3. The molecule has 4 N–H and O–H groups in total. The van der Waals surface area contributed by atoms with Gasteiger partial charge in [-0.2, -0.15) is 0 Å². The number of nitrogens with two attached hydrogens (primary N) is 1. The number of hydrazine groups is 1. The van der Waals surface area contributed by atoms with Crippen LogP contribution >= 0.6 is 0 Å². The van der Waals surface area contributed by atoms with Crippen LogP contribution in [0.2, 0.25) is 0 Å². The fourth-order valence-corrected chi connectivity index (χ4v) is 2.13. The average Bonchev–Trinajstić information content (AvgIpc) is 2.47. The molecule has 1 heterocycles. The number of rotatable bonds is 4. The molecular formula is C12H15N5O4. The SMILES string of the molecule is CN1C(=O)CCC(Nc2cc(NN)cc([N+](=O)[O-])c2)C1=O. The first kappa shape index (κ1) is 14.7. The van der Waals surface area contributed by atoms with Crippen molar-refractivity contribution in [1.29, 1.82) is 0 Å². The minimum absolute atomic E-state index is 0.152. The number of piperidine rings is 1. The van der Waals surface area contributed by atoms with Gasteiger partial charge in [-0.3, -0.25) is 30.4 Å². The number of non-ortho nitro benzene ring substituents is 1. The Hall–Kier alpha value is -2.68. The first-order chi connectivity index (χ1) is 9.92. The van der Waals surface area contributed by atoms with E-state index in [1.165, 1.54) is 19.2 Å². The molecule has 0 bridgehead atoms. The van der Waals surface area contributed by atoms with Crippen LogP contribution in [0.15, 0.2) is 18.2 Å². The monoisotopic (exact) mass is 293 g/mol. The Morgan fingerprint density at radius 1 is 1.33 bits per heavy atom. The minimum atomic E-state index is -0.597. The third kappa shape index (κ3) is 3.08. The molecule has 0 aromatic heterocycles. The number of likely N-dealkylation sites (N-methyl/N-ethyl adjacent to an activating group) is 1. The third-order valence-corrected chi connectivity index (χ3v) is 3.29. The normalized spacial score (nSPS) is 18.6. The number of imide groups is 1. The molecule has 0 aliphatic carbocycles. The number of nitro groups is 1. The zero-order chi connectivity index (χ0) is 15.6. The summed E-state index contributed by atoms with van der Waals surface area (Å²) >= 11 is 0. The molecule has 21 heavy (non-hydrogen) atoms. The van der Waals surface area contributed by atoms with Crippen molar-refractivity contribution < 1.29 is 14.5 Å². The van der Waals surface area contributed by atoms with Crippen molar-refractivity contribution in [1.82, 2.24) is 4.90 Å². The number of anilines is 2. The number of hydrogen-bond donors (Lipinski definition) is 3. The van der Waals surface area contributed by atoms with Crippen LogP contribution in [-0.4, -0.2) is 34.7 Å². The van der Waals surface area contributed by atoms with Crippen molar-refractivity contribution in [2.24, 2.45) is 5.84 Å². The Kier molecular flexibility index (Phi) is 4.03. The van der Waals surface area contributed by atoms with Gasteiger partial charge >= 0.3 is 0 Å². The quantitative estimate of drug-likeness (QED) is 0.318. The first-order valence-electron chi connectivity index (χ1n) is 6.25. The van der Waals surface area contributed by atoms with Crippen molar-refractivity contribution in [3.63, 3.8) is 0 Å². The Morgan fingerprint density at radius 3 is 2.62 bits per heavy atom. The maximum absolute atomic E-state index is 12.0. The van der Waals surface area contributed by atoms with Crippen molar-refractivity contribution >= 4 is 28.9 Å². The first-order valence-corrected chi connectivity index (χ1v) is 6.25. The molecule has 1 fully saturated rings. The van der Waals surface area contributed by atoms with Crippen molar-refractivity contribution in [2.75, 3.05) is 17.8 Å². The number of carbonyl (C=O) groups excluding carboxylic acids is 2. The summed E-state index contributed by atoms with van der Waals surface area (Å²) in [5.74, 6) is 4.67. The minimum Gasteiger partial charge on any atom is -0.373 e. The maximum Gasteiger partial charge on any atom is 0.273 e. The molecule has 112 valence electrons. The van der Waals surface area contributed by atoms with Crippen LogP contribution < -0.4 is 16.6 Å². The van der Waals surface area contributed by atoms with E-state index < -0.39 is 11.0 Å². The zero-order valence-electron chi connectivity index (χ0n) is 11.3. The number of nitrogen functional groups attached to an aromatic ring is 1. The second-order valence-corrected chi connectivity index (χ2v) is 4.70. The summed E-state index contributed by atoms with van der Waals surface area (Å²) in [6, 6.07) is 3.55. The molecule has 1 saturated heterocycles. The number of amides is 2. The van der Waals surface area contributed by atoms with Gasteiger partial charge in [0.1, 0.15) is 6.04 Å². The van der Waals surface area contributed by atoms with E-state index in [9.17, 15) is 19.7 Å². The summed E-state index contributed by atoms with van der Waals surface area (Å²) in [6.45, 7) is 0. The summed E-state index contributed by atoms with van der Waals surface area (Å²) < 4.78 is 0. The molecule has 0 saturated carbocycles. The van der Waals surface area contributed by atoms with Gasteiger partial charge in [0.15, 0.2) is 0 Å². The lowest BCUT2D eigenvalue weighted by atomic mass is 10.0. The van der Waals surface area contributed by atoms with Gasteiger partial charge in [-0.15, -0.1) is 0 Å². The fraction of sp³-hybridized carbons (Fsp3) is 0.333. The largest absolute Gasteiger partial charge is 0.373 e. The second kappa shape index (κ2) is 5.75. The number of benzene rings is 1. The van der Waals surface area contributed by atoms with Crippen molar-refractivity contribution in [3.05, 3.63) is 28.3 Å². The van der Waals surface area contributed by atoms with Crippen molar-refractivity contribution in [2.45, 2.75) is 18.9 Å². The van der Waals surface area contributed by atoms with Gasteiger partial charge in [-0.1, -0.05) is 0 Å². The molecule has 1 unspecified atom stereocenters. The Morgan fingerprint density at radius 2 is 2.00 bits per heavy atom. The highest BCUT2D eigenvalue weighted by Crippen LogP contribution is 2.25. The van der Waals surface area contributed by atoms with Crippen LogP contribution in [0.1, 0.15) is 12.8 Å². The van der Waals surface area contributed by atoms with E-state index in [1.54, 1.807) is 6.07 Å². The highest BCUT2D eigenvalue weighted by atomic mass is 16.6. The van der Waals surface area contributed by atoms with E-state index >= 15 is 0 Å². The molecule has 1 aromatic carbocycles. The van der Waals surface area contributed by atoms with Gasteiger partial charge in [-0.25, -0.2) is 0 Å². The molecule has 2 rings (SSSR count). The number of likely N-dealkylation sites (tertiary alicyclic amines) is 1. The second-order valence-electron chi connectivity index (χ2n) is 4.70. The van der Waals surface area contributed by atoms with Crippen LogP contribution in [0, 0.1) is 10.1 Å². The number of nitrogens with one attached hydrogen (secondary N) is 2. The van der Waals surface area contributed by atoms with E-state index in [2.05, 4.69) is 10.7 Å². The Labute approximate surface area is 120 Å². The van der Waals surface area contributed by atoms with Gasteiger partial charge in [0, 0.05) is 31.3 Å². The molecule has 0 spiro atoms. The summed E-state index contributed by atoms with van der Waals surface area (Å²) in [5.41, 5.74) is 2.91. The summed E-state index contributed by atoms with van der Waals surface area (Å²) in [5, 5.41) is 13.8. The van der Waals surface area contributed by atoms with Crippen molar-refractivity contribution in [3.8, 4) is 0 Å². The number of nitro benzene ring substituents is 1.